The molecule has 21 heavy (non-hydrogen) atoms. The van der Waals surface area contributed by atoms with Gasteiger partial charge in [-0.2, -0.15) is 0 Å². The molecule has 6 nitrogen and oxygen atoms in total. The highest BCUT2D eigenvalue weighted by atomic mass is 16.5. The highest BCUT2D eigenvalue weighted by molar-refractivity contribution is 5.91. The second kappa shape index (κ2) is 7.14. The lowest BCUT2D eigenvalue weighted by molar-refractivity contribution is -0.124. The molecule has 6 heteroatoms. The van der Waals surface area contributed by atoms with Crippen LogP contribution in [-0.2, 0) is 16.1 Å². The van der Waals surface area contributed by atoms with Gasteiger partial charge in [-0.3, -0.25) is 4.79 Å². The van der Waals surface area contributed by atoms with E-state index in [1.165, 1.54) is 13.4 Å². The van der Waals surface area contributed by atoms with E-state index in [-0.39, 0.29) is 13.2 Å². The van der Waals surface area contributed by atoms with Crippen LogP contribution in [0.3, 0.4) is 0 Å². The van der Waals surface area contributed by atoms with E-state index in [0.29, 0.717) is 17.1 Å². The molecule has 0 saturated heterocycles. The first-order valence-electron chi connectivity index (χ1n) is 6.29. The molecule has 2 rings (SSSR count). The van der Waals surface area contributed by atoms with E-state index in [2.05, 4.69) is 5.32 Å². The Morgan fingerprint density at radius 3 is 2.81 bits per heavy atom. The molecule has 0 unspecified atom stereocenters. The van der Waals surface area contributed by atoms with Gasteiger partial charge in [0.05, 0.1) is 25.5 Å². The van der Waals surface area contributed by atoms with Crippen molar-refractivity contribution in [3.8, 4) is 5.75 Å². The van der Waals surface area contributed by atoms with Crippen molar-refractivity contribution < 1.29 is 23.5 Å². The molecule has 0 aliphatic rings. The van der Waals surface area contributed by atoms with E-state index in [4.69, 9.17) is 13.9 Å². The molecule has 0 saturated carbocycles. The molecule has 0 fully saturated rings. The molecule has 1 heterocycles. The van der Waals surface area contributed by atoms with Crippen LogP contribution in [0.1, 0.15) is 16.1 Å². The van der Waals surface area contributed by atoms with Crippen LogP contribution in [0, 0.1) is 0 Å². The molecule has 0 radical (unpaired) electrons. The van der Waals surface area contributed by atoms with E-state index < -0.39 is 11.9 Å². The molecule has 0 bridgehead atoms. The Kier molecular flexibility index (Phi) is 4.98. The fourth-order valence-electron chi connectivity index (χ4n) is 1.61. The maximum absolute atomic E-state index is 11.8. The lowest BCUT2D eigenvalue weighted by atomic mass is 10.2. The number of hydrogen-bond donors (Lipinski definition) is 1. The first-order chi connectivity index (χ1) is 10.2. The van der Waals surface area contributed by atoms with Gasteiger partial charge in [0.15, 0.2) is 6.61 Å². The highest BCUT2D eigenvalue weighted by Gasteiger charge is 2.11. The summed E-state index contributed by atoms with van der Waals surface area (Å²) in [4.78, 5) is 23.3. The van der Waals surface area contributed by atoms with Crippen molar-refractivity contribution in [3.05, 3.63) is 54.0 Å². The molecule has 0 aliphatic heterocycles. The van der Waals surface area contributed by atoms with E-state index in [9.17, 15) is 9.59 Å². The second-order valence-electron chi connectivity index (χ2n) is 4.16. The topological polar surface area (TPSA) is 77.8 Å². The van der Waals surface area contributed by atoms with Gasteiger partial charge >= 0.3 is 5.97 Å². The van der Waals surface area contributed by atoms with Crippen LogP contribution in [0.5, 0.6) is 5.75 Å². The minimum Gasteiger partial charge on any atom is -0.497 e. The molecule has 1 amide bonds. The zero-order valence-electron chi connectivity index (χ0n) is 11.5. The van der Waals surface area contributed by atoms with Gasteiger partial charge in [-0.1, -0.05) is 6.07 Å². The standard InChI is InChI=1S/C15H15NO5/c1-19-12-5-2-4-11(8-12)15(18)21-10-14(17)16-9-13-6-3-7-20-13/h2-8H,9-10H2,1H3,(H,16,17). The van der Waals surface area contributed by atoms with Crippen molar-refractivity contribution >= 4 is 11.9 Å². The molecular weight excluding hydrogens is 274 g/mol. The first-order valence-corrected chi connectivity index (χ1v) is 6.29. The number of hydrogen-bond acceptors (Lipinski definition) is 5. The molecule has 2 aromatic rings. The zero-order chi connectivity index (χ0) is 15.1. The summed E-state index contributed by atoms with van der Waals surface area (Å²) in [5.74, 6) is 0.193. The monoisotopic (exact) mass is 289 g/mol. The quantitative estimate of drug-likeness (QED) is 0.820. The van der Waals surface area contributed by atoms with Crippen molar-refractivity contribution in [3.63, 3.8) is 0 Å². The van der Waals surface area contributed by atoms with Crippen molar-refractivity contribution in [1.82, 2.24) is 5.32 Å². The summed E-state index contributed by atoms with van der Waals surface area (Å²) < 4.78 is 15.0. The Morgan fingerprint density at radius 1 is 1.24 bits per heavy atom. The zero-order valence-corrected chi connectivity index (χ0v) is 11.5. The second-order valence-corrected chi connectivity index (χ2v) is 4.16. The third kappa shape index (κ3) is 4.38. The minimum atomic E-state index is -0.581. The predicted octanol–water partition coefficient (Wildman–Crippen LogP) is 1.76. The van der Waals surface area contributed by atoms with Gasteiger partial charge < -0.3 is 19.2 Å². The Balaban J connectivity index is 1.78. The third-order valence-electron chi connectivity index (χ3n) is 2.68. The van der Waals surface area contributed by atoms with E-state index in [1.807, 2.05) is 0 Å². The van der Waals surface area contributed by atoms with Crippen LogP contribution >= 0.6 is 0 Å². The van der Waals surface area contributed by atoms with Gasteiger partial charge in [0, 0.05) is 0 Å². The number of furan rings is 1. The van der Waals surface area contributed by atoms with Gasteiger partial charge in [-0.15, -0.1) is 0 Å². The smallest absolute Gasteiger partial charge is 0.338 e. The van der Waals surface area contributed by atoms with Crippen LogP contribution < -0.4 is 10.1 Å². The van der Waals surface area contributed by atoms with Crippen molar-refractivity contribution in [1.29, 1.82) is 0 Å². The minimum absolute atomic E-state index is 0.253. The molecule has 1 aromatic heterocycles. The summed E-state index contributed by atoms with van der Waals surface area (Å²) in [7, 11) is 1.51. The average molecular weight is 289 g/mol. The molecule has 1 aromatic carbocycles. The third-order valence-corrected chi connectivity index (χ3v) is 2.68. The fourth-order valence-corrected chi connectivity index (χ4v) is 1.61. The van der Waals surface area contributed by atoms with E-state index in [1.54, 1.807) is 36.4 Å². The van der Waals surface area contributed by atoms with Crippen LogP contribution in [0.25, 0.3) is 0 Å². The molecule has 1 N–H and O–H groups in total. The lowest BCUT2D eigenvalue weighted by Gasteiger charge is -2.06. The maximum atomic E-state index is 11.8. The number of methoxy groups -OCH3 is 1. The summed E-state index contributed by atoms with van der Waals surface area (Å²) in [6, 6.07) is 9.99. The normalized spacial score (nSPS) is 9.95. The Labute approximate surface area is 121 Å². The summed E-state index contributed by atoms with van der Waals surface area (Å²) in [5.41, 5.74) is 0.327. The fraction of sp³-hybridized carbons (Fsp3) is 0.200. The van der Waals surface area contributed by atoms with E-state index >= 15 is 0 Å². The van der Waals surface area contributed by atoms with E-state index in [0.717, 1.165) is 0 Å². The van der Waals surface area contributed by atoms with Crippen molar-refractivity contribution in [2.45, 2.75) is 6.54 Å². The first kappa shape index (κ1) is 14.6. The summed E-state index contributed by atoms with van der Waals surface area (Å²) >= 11 is 0. The van der Waals surface area contributed by atoms with Gasteiger partial charge in [-0.05, 0) is 30.3 Å². The lowest BCUT2D eigenvalue weighted by Crippen LogP contribution is -2.28. The Morgan fingerprint density at radius 2 is 2.10 bits per heavy atom. The number of carbonyl (C=O) groups is 2. The molecule has 110 valence electrons. The summed E-state index contributed by atoms with van der Waals surface area (Å²) in [6.45, 7) is -0.0979. The van der Waals surface area contributed by atoms with Crippen LogP contribution in [0.4, 0.5) is 0 Å². The Bertz CT molecular complexity index is 606. The SMILES string of the molecule is COc1cccc(C(=O)OCC(=O)NCc2ccco2)c1. The number of carbonyl (C=O) groups excluding carboxylic acids is 2. The number of amides is 1. The van der Waals surface area contributed by atoms with Crippen LogP contribution in [0.15, 0.2) is 47.1 Å². The number of benzene rings is 1. The average Bonchev–Trinajstić information content (AvgIpc) is 3.04. The van der Waals surface area contributed by atoms with Crippen LogP contribution in [0.2, 0.25) is 0 Å². The number of nitrogens with one attached hydrogen (secondary N) is 1. The van der Waals surface area contributed by atoms with Gasteiger partial charge in [0.1, 0.15) is 11.5 Å². The van der Waals surface area contributed by atoms with Crippen molar-refractivity contribution in [2.75, 3.05) is 13.7 Å². The maximum Gasteiger partial charge on any atom is 0.338 e. The van der Waals surface area contributed by atoms with Gasteiger partial charge in [0.25, 0.3) is 5.91 Å². The molecule has 0 spiro atoms. The van der Waals surface area contributed by atoms with Crippen molar-refractivity contribution in [2.24, 2.45) is 0 Å². The Hall–Kier alpha value is -2.76. The summed E-state index contributed by atoms with van der Waals surface area (Å²) in [6.07, 6.45) is 1.52. The number of esters is 1. The summed E-state index contributed by atoms with van der Waals surface area (Å²) in [5, 5.41) is 2.58. The molecular formula is C15H15NO5. The largest absolute Gasteiger partial charge is 0.497 e. The molecule has 0 aliphatic carbocycles. The highest BCUT2D eigenvalue weighted by Crippen LogP contribution is 2.13. The van der Waals surface area contributed by atoms with Crippen LogP contribution in [-0.4, -0.2) is 25.6 Å². The predicted molar refractivity (Wildman–Crippen MR) is 73.8 cm³/mol. The molecule has 0 atom stereocenters. The van der Waals surface area contributed by atoms with Gasteiger partial charge in [0.2, 0.25) is 0 Å². The van der Waals surface area contributed by atoms with Gasteiger partial charge in [-0.25, -0.2) is 4.79 Å². The number of rotatable bonds is 6. The number of ether oxygens (including phenoxy) is 2.